The largest absolute Gasteiger partial charge is 0.397 e. The molecule has 0 saturated heterocycles. The number of hydrogen-bond acceptors (Lipinski definition) is 4. The van der Waals surface area contributed by atoms with E-state index >= 15 is 0 Å². The van der Waals surface area contributed by atoms with Gasteiger partial charge in [0.05, 0.1) is 23.3 Å². The molecule has 0 aliphatic rings. The van der Waals surface area contributed by atoms with Gasteiger partial charge < -0.3 is 10.6 Å². The minimum atomic E-state index is -0.147. The molecule has 94 valence electrons. The maximum absolute atomic E-state index is 12.2. The van der Waals surface area contributed by atoms with Crippen LogP contribution in [-0.2, 0) is 7.05 Å². The summed E-state index contributed by atoms with van der Waals surface area (Å²) in [7, 11) is 3.50. The van der Waals surface area contributed by atoms with Crippen molar-refractivity contribution >= 4 is 33.1 Å². The summed E-state index contributed by atoms with van der Waals surface area (Å²) in [4.78, 5) is 15.1. The van der Waals surface area contributed by atoms with Gasteiger partial charge in [-0.2, -0.15) is 5.10 Å². The number of nitrogen functional groups attached to an aromatic ring is 1. The number of aryl methyl sites for hydroxylation is 2. The normalized spacial score (nSPS) is 10.6. The second-order valence-electron chi connectivity index (χ2n) is 4.10. The summed E-state index contributed by atoms with van der Waals surface area (Å²) >= 11 is 1.35. The third kappa shape index (κ3) is 1.73. The average Bonchev–Trinajstić information content (AvgIpc) is 2.79. The van der Waals surface area contributed by atoms with Crippen molar-refractivity contribution in [1.29, 1.82) is 0 Å². The van der Waals surface area contributed by atoms with E-state index in [0.29, 0.717) is 10.6 Å². The van der Waals surface area contributed by atoms with E-state index in [1.165, 1.54) is 16.2 Å². The smallest absolute Gasteiger partial charge is 0.266 e. The summed E-state index contributed by atoms with van der Waals surface area (Å²) < 4.78 is 1.74. The Kier molecular flexibility index (Phi) is 3.01. The number of anilines is 1. The minimum Gasteiger partial charge on any atom is -0.397 e. The molecule has 1 amide bonds. The molecule has 2 heterocycles. The summed E-state index contributed by atoms with van der Waals surface area (Å²) in [6.45, 7) is 2.15. The second-order valence-corrected chi connectivity index (χ2v) is 5.10. The van der Waals surface area contributed by atoms with Gasteiger partial charge in [-0.3, -0.25) is 9.48 Å². The molecular weight excluding hydrogens is 248 g/mol. The van der Waals surface area contributed by atoms with Gasteiger partial charge in [0.25, 0.3) is 5.91 Å². The van der Waals surface area contributed by atoms with E-state index in [9.17, 15) is 4.79 Å². The first-order valence-electron chi connectivity index (χ1n) is 5.37. The number of rotatable bonds is 2. The Morgan fingerprint density at radius 2 is 2.33 bits per heavy atom. The van der Waals surface area contributed by atoms with Crippen LogP contribution in [0.15, 0.2) is 0 Å². The maximum Gasteiger partial charge on any atom is 0.266 e. The lowest BCUT2D eigenvalue weighted by Crippen LogP contribution is -2.26. The minimum absolute atomic E-state index is 0.147. The fourth-order valence-corrected chi connectivity index (χ4v) is 3.05. The maximum atomic E-state index is 12.2. The van der Waals surface area contributed by atoms with Gasteiger partial charge in [-0.1, -0.05) is 5.92 Å². The molecule has 0 aromatic carbocycles. The van der Waals surface area contributed by atoms with Crippen LogP contribution in [0.2, 0.25) is 0 Å². The number of aromatic nitrogens is 2. The van der Waals surface area contributed by atoms with Crippen molar-refractivity contribution in [1.82, 2.24) is 14.7 Å². The van der Waals surface area contributed by atoms with E-state index in [1.54, 1.807) is 11.7 Å². The molecule has 18 heavy (non-hydrogen) atoms. The Labute approximate surface area is 109 Å². The van der Waals surface area contributed by atoms with Crippen molar-refractivity contribution in [2.45, 2.75) is 6.92 Å². The van der Waals surface area contributed by atoms with Crippen molar-refractivity contribution in [3.05, 3.63) is 10.6 Å². The fourth-order valence-electron chi connectivity index (χ4n) is 1.87. The first kappa shape index (κ1) is 12.5. The van der Waals surface area contributed by atoms with E-state index in [1.807, 2.05) is 14.0 Å². The molecule has 2 N–H and O–H groups in total. The second kappa shape index (κ2) is 4.35. The molecule has 0 aliphatic carbocycles. The van der Waals surface area contributed by atoms with Crippen molar-refractivity contribution in [3.8, 4) is 12.3 Å². The molecule has 6 heteroatoms. The van der Waals surface area contributed by atoms with E-state index < -0.39 is 0 Å². The van der Waals surface area contributed by atoms with Gasteiger partial charge >= 0.3 is 0 Å². The molecule has 0 radical (unpaired) electrons. The van der Waals surface area contributed by atoms with Crippen LogP contribution in [-0.4, -0.2) is 34.2 Å². The Balaban J connectivity index is 2.53. The number of carbonyl (C=O) groups is 1. The summed E-state index contributed by atoms with van der Waals surface area (Å²) in [5.74, 6) is 2.29. The predicted octanol–water partition coefficient (Wildman–Crippen LogP) is 1.23. The van der Waals surface area contributed by atoms with Crippen LogP contribution in [0.1, 0.15) is 15.4 Å². The van der Waals surface area contributed by atoms with Gasteiger partial charge in [-0.05, 0) is 6.92 Å². The van der Waals surface area contributed by atoms with Crippen LogP contribution in [0.4, 0.5) is 5.69 Å². The molecule has 5 nitrogen and oxygen atoms in total. The van der Waals surface area contributed by atoms with Crippen molar-refractivity contribution in [2.24, 2.45) is 7.05 Å². The Bertz CT molecular complexity index is 662. The van der Waals surface area contributed by atoms with Gasteiger partial charge in [0, 0.05) is 14.1 Å². The lowest BCUT2D eigenvalue weighted by Gasteiger charge is -2.12. The molecule has 0 spiro atoms. The highest BCUT2D eigenvalue weighted by molar-refractivity contribution is 7.21. The molecule has 0 atom stereocenters. The monoisotopic (exact) mass is 262 g/mol. The Morgan fingerprint density at radius 1 is 1.67 bits per heavy atom. The van der Waals surface area contributed by atoms with Gasteiger partial charge in [0.1, 0.15) is 9.71 Å². The number of fused-ring (bicyclic) bond motifs is 1. The van der Waals surface area contributed by atoms with Crippen LogP contribution in [0.3, 0.4) is 0 Å². The molecule has 0 bridgehead atoms. The zero-order chi connectivity index (χ0) is 13.4. The molecule has 0 aliphatic heterocycles. The van der Waals surface area contributed by atoms with E-state index in [0.717, 1.165) is 15.9 Å². The van der Waals surface area contributed by atoms with Crippen molar-refractivity contribution in [2.75, 3.05) is 19.3 Å². The van der Waals surface area contributed by atoms with Crippen LogP contribution >= 0.6 is 11.3 Å². The molecule has 0 unspecified atom stereocenters. The first-order valence-corrected chi connectivity index (χ1v) is 6.19. The zero-order valence-corrected chi connectivity index (χ0v) is 11.3. The molecule has 0 saturated carbocycles. The zero-order valence-electron chi connectivity index (χ0n) is 10.5. The number of nitrogens with two attached hydrogens (primary N) is 1. The van der Waals surface area contributed by atoms with Crippen LogP contribution in [0.25, 0.3) is 10.2 Å². The number of amides is 1. The van der Waals surface area contributed by atoms with E-state index in [2.05, 4.69) is 11.0 Å². The molecule has 0 fully saturated rings. The predicted molar refractivity (Wildman–Crippen MR) is 73.5 cm³/mol. The molecular formula is C12H14N4OS. The number of terminal acetylenes is 1. The van der Waals surface area contributed by atoms with Crippen molar-refractivity contribution < 1.29 is 4.79 Å². The lowest BCUT2D eigenvalue weighted by molar-refractivity contribution is 0.0818. The SMILES string of the molecule is C#CCN(C)C(=O)c1sc2c(c(C)nn2C)c1N. The number of thiophene rings is 1. The molecule has 2 aromatic rings. The highest BCUT2D eigenvalue weighted by Crippen LogP contribution is 2.35. The van der Waals surface area contributed by atoms with Gasteiger partial charge in [0.2, 0.25) is 0 Å². The Morgan fingerprint density at radius 3 is 2.89 bits per heavy atom. The van der Waals surface area contributed by atoms with E-state index in [4.69, 9.17) is 12.2 Å². The van der Waals surface area contributed by atoms with Crippen molar-refractivity contribution in [3.63, 3.8) is 0 Å². The highest BCUT2D eigenvalue weighted by Gasteiger charge is 2.22. The molecule has 2 aromatic heterocycles. The number of hydrogen-bond donors (Lipinski definition) is 1. The Hall–Kier alpha value is -2.00. The summed E-state index contributed by atoms with van der Waals surface area (Å²) in [5.41, 5.74) is 7.37. The first-order chi connectivity index (χ1) is 8.47. The fraction of sp³-hybridized carbons (Fsp3) is 0.333. The summed E-state index contributed by atoms with van der Waals surface area (Å²) in [6.07, 6.45) is 5.20. The number of carbonyl (C=O) groups excluding carboxylic acids is 1. The average molecular weight is 262 g/mol. The third-order valence-electron chi connectivity index (χ3n) is 2.75. The number of nitrogens with zero attached hydrogens (tertiary/aromatic N) is 3. The van der Waals surface area contributed by atoms with Crippen LogP contribution in [0, 0.1) is 19.3 Å². The van der Waals surface area contributed by atoms with Gasteiger partial charge in [-0.25, -0.2) is 0 Å². The lowest BCUT2D eigenvalue weighted by atomic mass is 10.2. The topological polar surface area (TPSA) is 64.2 Å². The summed E-state index contributed by atoms with van der Waals surface area (Å²) in [5, 5.41) is 5.14. The standard InChI is InChI=1S/C12H14N4OS/c1-5-6-15(3)11(17)10-9(13)8-7(2)14-16(4)12(8)18-10/h1H,6,13H2,2-4H3. The van der Waals surface area contributed by atoms with Crippen LogP contribution in [0.5, 0.6) is 0 Å². The van der Waals surface area contributed by atoms with E-state index in [-0.39, 0.29) is 12.5 Å². The quantitative estimate of drug-likeness (QED) is 0.828. The van der Waals surface area contributed by atoms with Crippen LogP contribution < -0.4 is 5.73 Å². The summed E-state index contributed by atoms with van der Waals surface area (Å²) in [6, 6.07) is 0. The highest BCUT2D eigenvalue weighted by atomic mass is 32.1. The van der Waals surface area contributed by atoms with Gasteiger partial charge in [0.15, 0.2) is 0 Å². The van der Waals surface area contributed by atoms with Gasteiger partial charge in [-0.15, -0.1) is 17.8 Å². The molecule has 2 rings (SSSR count). The third-order valence-corrected chi connectivity index (χ3v) is 4.01.